The molecule has 11 heteroatoms. The maximum absolute atomic E-state index is 12.7. The maximum Gasteiger partial charge on any atom is 0.269 e. The zero-order valence-corrected chi connectivity index (χ0v) is 20.3. The Morgan fingerprint density at radius 2 is 1.74 bits per heavy atom. The van der Waals surface area contributed by atoms with Crippen LogP contribution in [-0.2, 0) is 14.8 Å². The van der Waals surface area contributed by atoms with Crippen molar-refractivity contribution in [3.63, 3.8) is 0 Å². The first-order chi connectivity index (χ1) is 16.5. The summed E-state index contributed by atoms with van der Waals surface area (Å²) in [6, 6.07) is 14.5. The molecule has 1 aromatic heterocycles. The Morgan fingerprint density at radius 3 is 2.34 bits per heavy atom. The fraction of sp³-hybridized carbons (Fsp3) is 0.250. The first-order valence-corrected chi connectivity index (χ1v) is 12.3. The molecule has 0 aliphatic rings. The van der Waals surface area contributed by atoms with Crippen LogP contribution in [0.1, 0.15) is 31.6 Å². The number of nitrogens with zero attached hydrogens (tertiary/aromatic N) is 2. The second kappa shape index (κ2) is 11.1. The minimum absolute atomic E-state index is 0.0289. The molecule has 184 valence electrons. The minimum Gasteiger partial charge on any atom is -0.455 e. The third-order valence-electron chi connectivity index (χ3n) is 5.01. The normalized spacial score (nSPS) is 12.7. The Labute approximate surface area is 203 Å². The lowest BCUT2D eigenvalue weighted by molar-refractivity contribution is -0.384. The molecule has 10 nitrogen and oxygen atoms in total. The largest absolute Gasteiger partial charge is 0.455 e. The van der Waals surface area contributed by atoms with Gasteiger partial charge in [-0.15, -0.1) is 0 Å². The third-order valence-corrected chi connectivity index (χ3v) is 6.50. The quantitative estimate of drug-likeness (QED) is 0.246. The lowest BCUT2D eigenvalue weighted by Gasteiger charge is -2.19. The molecule has 0 unspecified atom stereocenters. The molecule has 1 heterocycles. The van der Waals surface area contributed by atoms with Crippen LogP contribution < -0.4 is 10.1 Å². The molecule has 0 saturated carbocycles. The third kappa shape index (κ3) is 7.08. The second-order valence-corrected chi connectivity index (χ2v) is 10.1. The molecule has 0 spiro atoms. The number of furan rings is 1. The van der Waals surface area contributed by atoms with E-state index in [1.807, 2.05) is 20.8 Å². The van der Waals surface area contributed by atoms with E-state index in [4.69, 9.17) is 4.42 Å². The number of non-ortho nitro benzene ring substituents is 1. The van der Waals surface area contributed by atoms with E-state index < -0.39 is 26.9 Å². The number of carbonyl (C=O) groups is 1. The van der Waals surface area contributed by atoms with Gasteiger partial charge in [-0.1, -0.05) is 31.5 Å². The smallest absolute Gasteiger partial charge is 0.269 e. The van der Waals surface area contributed by atoms with Gasteiger partial charge in [0.2, 0.25) is 10.0 Å². The number of sulfonamides is 1. The Balaban J connectivity index is 1.66. The van der Waals surface area contributed by atoms with Gasteiger partial charge in [0, 0.05) is 17.7 Å². The maximum atomic E-state index is 12.7. The molecule has 0 fully saturated rings. The first-order valence-electron chi connectivity index (χ1n) is 10.8. The van der Waals surface area contributed by atoms with Crippen LogP contribution in [0, 0.1) is 23.0 Å². The van der Waals surface area contributed by atoms with Crippen LogP contribution in [-0.4, -0.2) is 31.5 Å². The van der Waals surface area contributed by atoms with Gasteiger partial charge in [0.15, 0.2) is 0 Å². The van der Waals surface area contributed by atoms with Gasteiger partial charge in [-0.05, 0) is 55.7 Å². The summed E-state index contributed by atoms with van der Waals surface area (Å²) in [6.07, 6.45) is 1.56. The molecule has 3 rings (SSSR count). The van der Waals surface area contributed by atoms with Crippen molar-refractivity contribution in [1.29, 1.82) is 0 Å². The van der Waals surface area contributed by atoms with Gasteiger partial charge < -0.3 is 4.42 Å². The highest BCUT2D eigenvalue weighted by molar-refractivity contribution is 7.89. The highest BCUT2D eigenvalue weighted by Gasteiger charge is 2.26. The average Bonchev–Trinajstić information content (AvgIpc) is 3.27. The molecular weight excluding hydrogens is 472 g/mol. The van der Waals surface area contributed by atoms with Crippen molar-refractivity contribution in [2.75, 3.05) is 0 Å². The van der Waals surface area contributed by atoms with Crippen molar-refractivity contribution < 1.29 is 22.6 Å². The summed E-state index contributed by atoms with van der Waals surface area (Å²) in [7, 11) is -3.90. The number of nitro groups is 1. The standard InChI is InChI=1S/C24H26N4O6S/c1-16(2)14-22(27-35(32,33)21-11-4-17(3)5-12-21)24(29)26-25-15-20-10-13-23(34-20)18-6-8-19(9-7-18)28(30)31/h4-13,15-16,22,27H,14H2,1-3H3,(H,26,29)/b25-15-/t22-/m0/s1. The Morgan fingerprint density at radius 1 is 1.09 bits per heavy atom. The van der Waals surface area contributed by atoms with E-state index in [-0.39, 0.29) is 22.9 Å². The van der Waals surface area contributed by atoms with Crippen LogP contribution in [0.3, 0.4) is 0 Å². The zero-order valence-electron chi connectivity index (χ0n) is 19.5. The van der Waals surface area contributed by atoms with Gasteiger partial charge in [-0.3, -0.25) is 14.9 Å². The second-order valence-electron chi connectivity index (χ2n) is 8.36. The van der Waals surface area contributed by atoms with Gasteiger partial charge in [-0.2, -0.15) is 9.82 Å². The number of rotatable bonds is 10. The monoisotopic (exact) mass is 498 g/mol. The molecule has 1 atom stereocenters. The van der Waals surface area contributed by atoms with Crippen LogP contribution >= 0.6 is 0 Å². The molecule has 0 radical (unpaired) electrons. The van der Waals surface area contributed by atoms with Crippen LogP contribution in [0.5, 0.6) is 0 Å². The van der Waals surface area contributed by atoms with E-state index in [0.29, 0.717) is 17.1 Å². The number of nitrogens with one attached hydrogen (secondary N) is 2. The molecule has 1 amide bonds. The molecule has 0 saturated heterocycles. The van der Waals surface area contributed by atoms with Gasteiger partial charge in [0.1, 0.15) is 17.6 Å². The van der Waals surface area contributed by atoms with Crippen molar-refractivity contribution >= 4 is 27.8 Å². The highest BCUT2D eigenvalue weighted by atomic mass is 32.2. The summed E-state index contributed by atoms with van der Waals surface area (Å²) in [4.78, 5) is 23.1. The highest BCUT2D eigenvalue weighted by Crippen LogP contribution is 2.24. The minimum atomic E-state index is -3.90. The predicted molar refractivity (Wildman–Crippen MR) is 131 cm³/mol. The lowest BCUT2D eigenvalue weighted by Crippen LogP contribution is -2.46. The number of hydrogen-bond acceptors (Lipinski definition) is 7. The number of nitro benzene ring substituents is 1. The first kappa shape index (κ1) is 25.8. The van der Waals surface area contributed by atoms with E-state index in [0.717, 1.165) is 5.56 Å². The molecular formula is C24H26N4O6S. The molecule has 35 heavy (non-hydrogen) atoms. The van der Waals surface area contributed by atoms with Crippen LogP contribution in [0.4, 0.5) is 5.69 Å². The van der Waals surface area contributed by atoms with E-state index in [9.17, 15) is 23.3 Å². The van der Waals surface area contributed by atoms with Crippen molar-refractivity contribution in [3.8, 4) is 11.3 Å². The molecule has 2 aromatic carbocycles. The molecule has 0 aliphatic carbocycles. The zero-order chi connectivity index (χ0) is 25.6. The van der Waals surface area contributed by atoms with E-state index in [1.54, 1.807) is 36.4 Å². The molecule has 3 aromatic rings. The number of carbonyl (C=O) groups excluding carboxylic acids is 1. The van der Waals surface area contributed by atoms with Gasteiger partial charge in [0.05, 0.1) is 16.0 Å². The molecule has 0 bridgehead atoms. The Bertz CT molecular complexity index is 1310. The van der Waals surface area contributed by atoms with Crippen molar-refractivity contribution in [3.05, 3.63) is 82.1 Å². The lowest BCUT2D eigenvalue weighted by atomic mass is 10.0. The fourth-order valence-corrected chi connectivity index (χ4v) is 4.42. The Hall–Kier alpha value is -3.83. The molecule has 2 N–H and O–H groups in total. The number of benzene rings is 2. The van der Waals surface area contributed by atoms with Crippen LogP contribution in [0.2, 0.25) is 0 Å². The summed E-state index contributed by atoms with van der Waals surface area (Å²) >= 11 is 0. The fourth-order valence-electron chi connectivity index (χ4n) is 3.22. The van der Waals surface area contributed by atoms with Gasteiger partial charge >= 0.3 is 0 Å². The topological polar surface area (TPSA) is 144 Å². The predicted octanol–water partition coefficient (Wildman–Crippen LogP) is 4.01. The van der Waals surface area contributed by atoms with Gasteiger partial charge in [-0.25, -0.2) is 13.8 Å². The molecule has 0 aliphatic heterocycles. The SMILES string of the molecule is Cc1ccc(S(=O)(=O)N[C@@H](CC(C)C)C(=O)N/N=C\c2ccc(-c3ccc([N+](=O)[O-])cc3)o2)cc1. The van der Waals surface area contributed by atoms with E-state index >= 15 is 0 Å². The summed E-state index contributed by atoms with van der Waals surface area (Å²) in [5.74, 6) is 0.244. The van der Waals surface area contributed by atoms with E-state index in [1.165, 1.54) is 30.5 Å². The van der Waals surface area contributed by atoms with Gasteiger partial charge in [0.25, 0.3) is 11.6 Å². The van der Waals surface area contributed by atoms with Crippen molar-refractivity contribution in [2.24, 2.45) is 11.0 Å². The summed E-state index contributed by atoms with van der Waals surface area (Å²) in [6.45, 7) is 5.61. The summed E-state index contributed by atoms with van der Waals surface area (Å²) in [5.41, 5.74) is 3.89. The van der Waals surface area contributed by atoms with E-state index in [2.05, 4.69) is 15.2 Å². The average molecular weight is 499 g/mol. The van der Waals surface area contributed by atoms with Crippen LogP contribution in [0.25, 0.3) is 11.3 Å². The van der Waals surface area contributed by atoms with Crippen LogP contribution in [0.15, 0.2) is 75.1 Å². The summed E-state index contributed by atoms with van der Waals surface area (Å²) < 4.78 is 33.6. The summed E-state index contributed by atoms with van der Waals surface area (Å²) in [5, 5.41) is 14.7. The van der Waals surface area contributed by atoms with Crippen molar-refractivity contribution in [2.45, 2.75) is 38.1 Å². The number of aryl methyl sites for hydroxylation is 1. The Kier molecular flexibility index (Phi) is 8.15. The number of amides is 1. The van der Waals surface area contributed by atoms with Crippen molar-refractivity contribution in [1.82, 2.24) is 10.1 Å². The number of hydrazone groups is 1. The number of hydrogen-bond donors (Lipinski definition) is 2.